The first-order chi connectivity index (χ1) is 32.9. The van der Waals surface area contributed by atoms with Crippen LogP contribution in [0.5, 0.6) is 0 Å². The van der Waals surface area contributed by atoms with Crippen molar-refractivity contribution in [3.05, 3.63) is 108 Å². The summed E-state index contributed by atoms with van der Waals surface area (Å²) >= 11 is 1.42. The number of ketones is 2. The Morgan fingerprint density at radius 1 is 0.794 bits per heavy atom. The van der Waals surface area contributed by atoms with Crippen molar-refractivity contribution in [1.29, 1.82) is 0 Å². The molecule has 17 heteroatoms. The lowest BCUT2D eigenvalue weighted by Crippen LogP contribution is -2.50. The van der Waals surface area contributed by atoms with E-state index < -0.39 is 29.7 Å². The van der Waals surface area contributed by atoms with Crippen LogP contribution in [-0.2, 0) is 52.9 Å². The largest absolute Gasteiger partial charge is 0.361 e. The smallest absolute Gasteiger partial charge is 0.242 e. The summed E-state index contributed by atoms with van der Waals surface area (Å²) in [5.74, 6) is -2.16. The van der Waals surface area contributed by atoms with Gasteiger partial charge in [-0.1, -0.05) is 61.5 Å². The second-order valence-electron chi connectivity index (χ2n) is 17.0. The summed E-state index contributed by atoms with van der Waals surface area (Å²) < 4.78 is 0. The summed E-state index contributed by atoms with van der Waals surface area (Å²) in [5, 5.41) is 6.89. The lowest BCUT2D eigenvalue weighted by Gasteiger charge is -2.28. The summed E-state index contributed by atoms with van der Waals surface area (Å²) in [6.07, 6.45) is 11.6. The number of Topliss-reactive ketones (excluding diaryl/α,β-unsaturated/α-hetero) is 2. The summed E-state index contributed by atoms with van der Waals surface area (Å²) in [4.78, 5) is 108. The van der Waals surface area contributed by atoms with Gasteiger partial charge >= 0.3 is 0 Å². The number of allylic oxidation sites excluding steroid dienone is 1. The van der Waals surface area contributed by atoms with Gasteiger partial charge in [0.25, 0.3) is 0 Å². The Kier molecular flexibility index (Phi) is 21.4. The maximum atomic E-state index is 14.1. The van der Waals surface area contributed by atoms with Crippen LogP contribution in [0.25, 0.3) is 16.5 Å². The van der Waals surface area contributed by atoms with E-state index in [2.05, 4.69) is 38.8 Å². The average Bonchev–Trinajstić information content (AvgIpc) is 3.96. The molecule has 5 rings (SSSR count). The number of rotatable bonds is 30. The van der Waals surface area contributed by atoms with Gasteiger partial charge < -0.3 is 41.0 Å². The van der Waals surface area contributed by atoms with Crippen LogP contribution in [-0.4, -0.2) is 154 Å². The normalized spacial score (nSPS) is 12.2. The number of para-hydroxylation sites is 1. The molecule has 2 heterocycles. The zero-order valence-electron chi connectivity index (χ0n) is 39.7. The Hall–Kier alpha value is -6.17. The number of fused-ring (bicyclic) bond motifs is 2. The van der Waals surface area contributed by atoms with Crippen LogP contribution in [0.1, 0.15) is 68.2 Å². The fraction of sp³-hybridized carbons (Fsp3) is 0.451. The molecule has 2 aromatic heterocycles. The minimum absolute atomic E-state index is 0.0110. The van der Waals surface area contributed by atoms with E-state index in [1.54, 1.807) is 12.4 Å². The number of carbonyl (C=O) groups is 7. The highest BCUT2D eigenvalue weighted by Gasteiger charge is 2.27. The molecule has 16 nitrogen and oxygen atoms in total. The van der Waals surface area contributed by atoms with Gasteiger partial charge in [0.15, 0.2) is 11.6 Å². The fourth-order valence-corrected chi connectivity index (χ4v) is 8.80. The predicted molar refractivity (Wildman–Crippen MR) is 266 cm³/mol. The third-order valence-corrected chi connectivity index (χ3v) is 12.6. The van der Waals surface area contributed by atoms with Crippen LogP contribution in [0.2, 0.25) is 0 Å². The van der Waals surface area contributed by atoms with Crippen molar-refractivity contribution in [2.75, 3.05) is 77.5 Å². The Bertz CT molecular complexity index is 2370. The lowest BCUT2D eigenvalue weighted by molar-refractivity contribution is -0.143. The van der Waals surface area contributed by atoms with Crippen LogP contribution < -0.4 is 16.4 Å². The van der Waals surface area contributed by atoms with Crippen LogP contribution in [0.15, 0.2) is 85.3 Å². The molecule has 1 aliphatic carbocycles. The fourth-order valence-electron chi connectivity index (χ4n) is 8.15. The highest BCUT2D eigenvalue weighted by atomic mass is 32.2. The molecule has 0 saturated heterocycles. The van der Waals surface area contributed by atoms with Crippen molar-refractivity contribution >= 4 is 69.3 Å². The van der Waals surface area contributed by atoms with Crippen molar-refractivity contribution in [2.45, 2.75) is 71.4 Å². The van der Waals surface area contributed by atoms with Gasteiger partial charge in [0.2, 0.25) is 29.5 Å². The van der Waals surface area contributed by atoms with Gasteiger partial charge in [0, 0.05) is 80.8 Å². The second kappa shape index (κ2) is 27.6. The summed E-state index contributed by atoms with van der Waals surface area (Å²) in [7, 11) is 0. The molecule has 0 bridgehead atoms. The zero-order valence-corrected chi connectivity index (χ0v) is 40.5. The van der Waals surface area contributed by atoms with Gasteiger partial charge in [-0.25, -0.2) is 0 Å². The SMILES string of the molecule is CCCN(CC(=O)N[C@@H](CSC)C(C)=O)C(=O)CN(CCc1c[nH]c2ccccc12)C(=O)CCC(=O)CN(CCCN)C(=O)CN(CCC1=CCc2ccccc21)C(=O)CNCc1cccnc1. The number of aromatic amines is 1. The Morgan fingerprint density at radius 3 is 2.22 bits per heavy atom. The number of H-pyrrole nitrogens is 1. The summed E-state index contributed by atoms with van der Waals surface area (Å²) in [5.41, 5.74) is 12.1. The van der Waals surface area contributed by atoms with Crippen molar-refractivity contribution in [2.24, 2.45) is 5.73 Å². The third-order valence-electron chi connectivity index (χ3n) is 11.9. The van der Waals surface area contributed by atoms with Crippen LogP contribution in [0.4, 0.5) is 0 Å². The van der Waals surface area contributed by atoms with Gasteiger partial charge in [-0.05, 0) is 91.8 Å². The van der Waals surface area contributed by atoms with E-state index in [-0.39, 0.29) is 95.8 Å². The van der Waals surface area contributed by atoms with E-state index in [1.165, 1.54) is 43.8 Å². The first-order valence-corrected chi connectivity index (χ1v) is 24.8. The number of hydrogen-bond acceptors (Lipinski definition) is 11. The molecule has 0 fully saturated rings. The quantitative estimate of drug-likeness (QED) is 0.0591. The zero-order chi connectivity index (χ0) is 48.8. The number of aromatic nitrogens is 2. The van der Waals surface area contributed by atoms with E-state index in [9.17, 15) is 33.6 Å². The highest BCUT2D eigenvalue weighted by molar-refractivity contribution is 7.98. The van der Waals surface area contributed by atoms with Gasteiger partial charge in [0.1, 0.15) is 0 Å². The monoisotopic (exact) mass is 949 g/mol. The van der Waals surface area contributed by atoms with Gasteiger partial charge in [0.05, 0.1) is 38.8 Å². The van der Waals surface area contributed by atoms with Crippen LogP contribution >= 0.6 is 11.8 Å². The molecule has 0 saturated carbocycles. The Balaban J connectivity index is 1.25. The number of pyridine rings is 1. The molecule has 2 aromatic carbocycles. The molecule has 5 N–H and O–H groups in total. The van der Waals surface area contributed by atoms with Crippen molar-refractivity contribution in [3.63, 3.8) is 0 Å². The molecule has 0 spiro atoms. The molecule has 68 heavy (non-hydrogen) atoms. The number of amides is 5. The number of thioether (sulfide) groups is 1. The van der Waals surface area contributed by atoms with Gasteiger partial charge in [-0.15, -0.1) is 0 Å². The van der Waals surface area contributed by atoms with Crippen molar-refractivity contribution in [3.8, 4) is 0 Å². The molecule has 0 aliphatic heterocycles. The molecule has 4 aromatic rings. The molecule has 5 amide bonds. The molecule has 0 unspecified atom stereocenters. The lowest BCUT2D eigenvalue weighted by atomic mass is 10.0. The molecule has 1 atom stereocenters. The maximum absolute atomic E-state index is 14.1. The average molecular weight is 950 g/mol. The maximum Gasteiger partial charge on any atom is 0.242 e. The third kappa shape index (κ3) is 16.3. The number of carbonyl (C=O) groups excluding carboxylic acids is 7. The first kappa shape index (κ1) is 52.8. The predicted octanol–water partition coefficient (Wildman–Crippen LogP) is 3.78. The van der Waals surface area contributed by atoms with Crippen LogP contribution in [0.3, 0.4) is 0 Å². The van der Waals surface area contributed by atoms with Crippen molar-refractivity contribution in [1.82, 2.24) is 40.2 Å². The van der Waals surface area contributed by atoms with Gasteiger partial charge in [-0.2, -0.15) is 11.8 Å². The Morgan fingerprint density at radius 2 is 1.50 bits per heavy atom. The summed E-state index contributed by atoms with van der Waals surface area (Å²) in [6.45, 7) is 3.73. The first-order valence-electron chi connectivity index (χ1n) is 23.4. The number of benzene rings is 2. The number of nitrogens with two attached hydrogens (primary N) is 1. The minimum Gasteiger partial charge on any atom is -0.361 e. The van der Waals surface area contributed by atoms with E-state index in [0.717, 1.165) is 39.6 Å². The second-order valence-corrected chi connectivity index (χ2v) is 18.0. The molecular formula is C51H67N9O7S. The number of nitrogens with zero attached hydrogens (tertiary/aromatic N) is 5. The molecule has 1 aliphatic rings. The minimum atomic E-state index is -0.686. The number of nitrogens with one attached hydrogen (secondary N) is 3. The topological polar surface area (TPSA) is 211 Å². The number of hydrogen-bond donors (Lipinski definition) is 4. The Labute approximate surface area is 403 Å². The molecule has 0 radical (unpaired) electrons. The van der Waals surface area contributed by atoms with Crippen LogP contribution in [0, 0.1) is 0 Å². The van der Waals surface area contributed by atoms with E-state index in [0.29, 0.717) is 38.0 Å². The van der Waals surface area contributed by atoms with E-state index in [4.69, 9.17) is 5.73 Å². The van der Waals surface area contributed by atoms with E-state index in [1.807, 2.05) is 67.9 Å². The highest BCUT2D eigenvalue weighted by Crippen LogP contribution is 2.29. The van der Waals surface area contributed by atoms with Gasteiger partial charge in [-0.3, -0.25) is 38.5 Å². The molecule has 364 valence electrons. The van der Waals surface area contributed by atoms with Crippen molar-refractivity contribution < 1.29 is 33.6 Å². The molecular weight excluding hydrogens is 883 g/mol. The summed E-state index contributed by atoms with van der Waals surface area (Å²) in [6, 6.07) is 19.0. The van der Waals surface area contributed by atoms with E-state index >= 15 is 0 Å². The standard InChI is InChI=1S/C51H67N9O7S/c1-4-24-57(33-47(63)56-46(36-68-3)37(2)61)50(66)34-59(27-21-41-30-55-45-15-8-7-14-44(41)45)48(64)19-18-42(62)32-58(25-10-22-52)51(67)35-60(49(65)31-54-29-38-11-9-23-53-28-38)26-20-40-17-16-39-12-5-6-13-43(39)40/h5-9,11-15,17,23,28,30,46,54-55H,4,10,16,18-22,24-27,29,31-36,52H2,1-3H3,(H,56,63)/t46-/m0/s1.